The van der Waals surface area contributed by atoms with Gasteiger partial charge in [-0.15, -0.1) is 0 Å². The molecule has 112 valence electrons. The molecule has 4 nitrogen and oxygen atoms in total. The van der Waals surface area contributed by atoms with Gasteiger partial charge in [0.1, 0.15) is 0 Å². The molecule has 0 aliphatic carbocycles. The second-order valence-corrected chi connectivity index (χ2v) is 6.66. The number of rotatable bonds is 4. The molecule has 0 N–H and O–H groups in total. The Kier molecular flexibility index (Phi) is 4.31. The van der Waals surface area contributed by atoms with Crippen molar-refractivity contribution >= 4 is 39.5 Å². The van der Waals surface area contributed by atoms with E-state index < -0.39 is 0 Å². The van der Waals surface area contributed by atoms with E-state index in [-0.39, 0.29) is 11.5 Å². The third-order valence-corrected chi connectivity index (χ3v) is 5.24. The van der Waals surface area contributed by atoms with Crippen LogP contribution < -0.4 is 5.56 Å². The van der Waals surface area contributed by atoms with Crippen LogP contribution in [0, 0.1) is 0 Å². The maximum atomic E-state index is 12.4. The van der Waals surface area contributed by atoms with E-state index in [0.29, 0.717) is 22.5 Å². The molecule has 22 heavy (non-hydrogen) atoms. The lowest BCUT2D eigenvalue weighted by atomic mass is 10.2. The maximum Gasteiger partial charge on any atom is 0.339 e. The van der Waals surface area contributed by atoms with E-state index in [4.69, 9.17) is 4.74 Å². The fourth-order valence-electron chi connectivity index (χ4n) is 2.03. The number of nitrogens with zero attached hydrogens (tertiary/aromatic N) is 1. The first-order valence-corrected chi connectivity index (χ1v) is 8.31. The summed E-state index contributed by atoms with van der Waals surface area (Å²) in [5.74, 6) is -0.375. The third kappa shape index (κ3) is 2.80. The molecule has 6 heteroatoms. The summed E-state index contributed by atoms with van der Waals surface area (Å²) in [6.45, 7) is 2.09. The minimum absolute atomic E-state index is 0.0655. The minimum atomic E-state index is -0.375. The topological polar surface area (TPSA) is 48.3 Å². The predicted molar refractivity (Wildman–Crippen MR) is 89.7 cm³/mol. The first-order chi connectivity index (χ1) is 10.7. The molecule has 0 atom stereocenters. The Labute approximate surface area is 135 Å². The van der Waals surface area contributed by atoms with Crippen LogP contribution in [0.5, 0.6) is 0 Å². The van der Waals surface area contributed by atoms with Crippen LogP contribution in [0.4, 0.5) is 0 Å². The molecule has 0 aliphatic heterocycles. The van der Waals surface area contributed by atoms with Crippen molar-refractivity contribution in [2.45, 2.75) is 11.8 Å². The van der Waals surface area contributed by atoms with Gasteiger partial charge in [0, 0.05) is 16.8 Å². The fourth-order valence-corrected chi connectivity index (χ4v) is 4.16. The summed E-state index contributed by atoms with van der Waals surface area (Å²) in [5, 5.41) is 0.689. The number of esters is 1. The Morgan fingerprint density at radius 2 is 1.91 bits per heavy atom. The van der Waals surface area contributed by atoms with Crippen molar-refractivity contribution in [3.63, 3.8) is 0 Å². The molecule has 0 saturated heterocycles. The zero-order valence-electron chi connectivity index (χ0n) is 11.8. The van der Waals surface area contributed by atoms with Crippen molar-refractivity contribution in [3.8, 4) is 0 Å². The molecule has 2 aromatic carbocycles. The molecule has 0 saturated carbocycles. The highest BCUT2D eigenvalue weighted by Crippen LogP contribution is 2.28. The Balaban J connectivity index is 2.00. The van der Waals surface area contributed by atoms with Crippen LogP contribution in [0.25, 0.3) is 10.1 Å². The molecule has 3 rings (SSSR count). The molecule has 1 aromatic heterocycles. The molecule has 3 aromatic rings. The molecule has 0 fully saturated rings. The number of carbonyl (C=O) groups is 1. The van der Waals surface area contributed by atoms with Gasteiger partial charge in [-0.2, -0.15) is 3.36 Å². The van der Waals surface area contributed by atoms with Crippen LogP contribution in [-0.2, 0) is 4.74 Å². The van der Waals surface area contributed by atoms with Gasteiger partial charge < -0.3 is 4.74 Å². The summed E-state index contributed by atoms with van der Waals surface area (Å²) in [6.07, 6.45) is 0. The molecule has 1 heterocycles. The number of ether oxygens (including phenoxy) is 1. The van der Waals surface area contributed by atoms with Gasteiger partial charge in [-0.25, -0.2) is 4.79 Å². The zero-order valence-corrected chi connectivity index (χ0v) is 13.4. The summed E-state index contributed by atoms with van der Waals surface area (Å²) in [7, 11) is 0. The second kappa shape index (κ2) is 6.37. The largest absolute Gasteiger partial charge is 0.462 e. The lowest BCUT2D eigenvalue weighted by molar-refractivity contribution is 0.0522. The lowest BCUT2D eigenvalue weighted by Crippen LogP contribution is -2.09. The fraction of sp³-hybridized carbons (Fsp3) is 0.125. The first kappa shape index (κ1) is 14.9. The first-order valence-electron chi connectivity index (χ1n) is 6.76. The van der Waals surface area contributed by atoms with E-state index in [1.54, 1.807) is 22.4 Å². The van der Waals surface area contributed by atoms with Gasteiger partial charge in [0.2, 0.25) is 0 Å². The summed E-state index contributed by atoms with van der Waals surface area (Å²) in [6, 6.07) is 14.6. The Morgan fingerprint density at radius 3 is 2.68 bits per heavy atom. The van der Waals surface area contributed by atoms with Crippen molar-refractivity contribution in [3.05, 3.63) is 64.4 Å². The van der Waals surface area contributed by atoms with E-state index >= 15 is 0 Å². The van der Waals surface area contributed by atoms with Crippen molar-refractivity contribution in [1.82, 2.24) is 3.36 Å². The molecule has 0 aliphatic rings. The maximum absolute atomic E-state index is 12.4. The quantitative estimate of drug-likeness (QED) is 0.682. The van der Waals surface area contributed by atoms with E-state index in [0.717, 1.165) is 4.70 Å². The number of benzene rings is 2. The minimum Gasteiger partial charge on any atom is -0.462 e. The molecule has 0 radical (unpaired) electrons. The highest BCUT2D eigenvalue weighted by molar-refractivity contribution is 7.99. The average Bonchev–Trinajstić information content (AvgIpc) is 2.85. The molecule has 0 unspecified atom stereocenters. The zero-order chi connectivity index (χ0) is 15.5. The van der Waals surface area contributed by atoms with E-state index in [1.165, 1.54) is 23.5 Å². The Bertz CT molecular complexity index is 882. The lowest BCUT2D eigenvalue weighted by Gasteiger charge is -2.07. The van der Waals surface area contributed by atoms with Gasteiger partial charge in [0.15, 0.2) is 0 Å². The van der Waals surface area contributed by atoms with Crippen LogP contribution in [0.15, 0.2) is 58.2 Å². The highest BCUT2D eigenvalue weighted by atomic mass is 32.2. The van der Waals surface area contributed by atoms with Crippen LogP contribution in [0.1, 0.15) is 17.3 Å². The normalized spacial score (nSPS) is 10.8. The molecule has 0 bridgehead atoms. The van der Waals surface area contributed by atoms with Crippen molar-refractivity contribution in [2.75, 3.05) is 6.61 Å². The van der Waals surface area contributed by atoms with E-state index in [9.17, 15) is 9.59 Å². The van der Waals surface area contributed by atoms with Crippen LogP contribution >= 0.6 is 23.5 Å². The number of hydrogen-bond acceptors (Lipinski definition) is 5. The van der Waals surface area contributed by atoms with Crippen molar-refractivity contribution < 1.29 is 9.53 Å². The monoisotopic (exact) mass is 331 g/mol. The van der Waals surface area contributed by atoms with Crippen LogP contribution in [0.3, 0.4) is 0 Å². The number of carbonyl (C=O) groups excluding carboxylic acids is 1. The summed E-state index contributed by atoms with van der Waals surface area (Å²) in [4.78, 5) is 25.1. The number of fused-ring (bicyclic) bond motifs is 1. The summed E-state index contributed by atoms with van der Waals surface area (Å²) in [5.41, 5.74) is 0.406. The van der Waals surface area contributed by atoms with Gasteiger partial charge in [-0.1, -0.05) is 24.3 Å². The molecular weight excluding hydrogens is 318 g/mol. The average molecular weight is 331 g/mol. The Morgan fingerprint density at radius 1 is 1.18 bits per heavy atom. The molecular formula is C16H13NO3S2. The molecule has 0 spiro atoms. The summed E-state index contributed by atoms with van der Waals surface area (Å²) < 4.78 is 7.57. The van der Waals surface area contributed by atoms with E-state index in [1.807, 2.05) is 36.4 Å². The van der Waals surface area contributed by atoms with Gasteiger partial charge in [-0.05, 0) is 42.7 Å². The van der Waals surface area contributed by atoms with Crippen LogP contribution in [-0.4, -0.2) is 15.9 Å². The number of hydrogen-bond donors (Lipinski definition) is 0. The van der Waals surface area contributed by atoms with Gasteiger partial charge in [-0.3, -0.25) is 4.79 Å². The highest BCUT2D eigenvalue weighted by Gasteiger charge is 2.15. The second-order valence-electron chi connectivity index (χ2n) is 4.46. The smallest absolute Gasteiger partial charge is 0.339 e. The van der Waals surface area contributed by atoms with E-state index in [2.05, 4.69) is 0 Å². The summed E-state index contributed by atoms with van der Waals surface area (Å²) >= 11 is 2.61. The standard InChI is InChI=1S/C16H13NO3S2/c1-2-20-16(19)12-8-4-6-10-14(12)22-17-15(18)11-7-3-5-9-13(11)21-17/h3-10H,2H2,1H3. The number of aromatic nitrogens is 1. The van der Waals surface area contributed by atoms with Gasteiger partial charge in [0.25, 0.3) is 5.56 Å². The SMILES string of the molecule is CCOC(=O)c1ccccc1Sn1sc2ccccc2c1=O. The Hall–Kier alpha value is -2.05. The van der Waals surface area contributed by atoms with Crippen molar-refractivity contribution in [1.29, 1.82) is 0 Å². The molecule has 0 amide bonds. The van der Waals surface area contributed by atoms with Crippen LogP contribution in [0.2, 0.25) is 0 Å². The van der Waals surface area contributed by atoms with Crippen molar-refractivity contribution in [2.24, 2.45) is 0 Å². The third-order valence-electron chi connectivity index (χ3n) is 3.03. The predicted octanol–water partition coefficient (Wildman–Crippen LogP) is 3.80. The van der Waals surface area contributed by atoms with Gasteiger partial charge in [0.05, 0.1) is 22.3 Å². The van der Waals surface area contributed by atoms with Gasteiger partial charge >= 0.3 is 5.97 Å².